The largest absolute Gasteiger partial charge is 0.496 e. The third-order valence-electron chi connectivity index (χ3n) is 16.0. The maximum atomic E-state index is 15.4. The first-order valence-electron chi connectivity index (χ1n) is 22.4. The lowest BCUT2D eigenvalue weighted by atomic mass is 9.47. The average Bonchev–Trinajstić information content (AvgIpc) is 3.88. The van der Waals surface area contributed by atoms with Crippen molar-refractivity contribution in [3.8, 4) is 5.75 Å². The topological polar surface area (TPSA) is 134 Å². The molecule has 3 aromatic rings. The van der Waals surface area contributed by atoms with Crippen LogP contribution >= 0.6 is 0 Å². The van der Waals surface area contributed by atoms with Crippen molar-refractivity contribution in [3.05, 3.63) is 82.6 Å². The number of carbonyl (C=O) groups excluding carboxylic acids is 3. The van der Waals surface area contributed by atoms with Crippen LogP contribution in [0.2, 0.25) is 0 Å². The number of nitrogens with zero attached hydrogens (tertiary/aromatic N) is 3. The maximum Gasteiger partial charge on any atom is 0.322 e. The molecule has 2 bridgehead atoms. The van der Waals surface area contributed by atoms with E-state index in [1.807, 2.05) is 19.2 Å². The standard InChI is InChI=1S/C49H60N4O8/c1-7-30-22-31-25-48(45(56)59-6,40-34(16-20-52(26-30)27-31)33-12-9-10-13-37(33)50-40)36-23-35-38(24-39(36)58-5)51(4)43-47(35)18-21-53-19-11-17-46(8-2,42(47)53)44(61-29(3)54)49(43,57)28-60-41(55)32-14-15-32/h9-13,17,22-24,31-32,42-44,50,57H,7-8,14-16,18-21,25-28H2,1-6H3/t31-,42?,43+,44+,46+,47+,48-,49?/m0/s1. The van der Waals surface area contributed by atoms with Gasteiger partial charge in [-0.3, -0.25) is 24.2 Å². The molecule has 3 unspecified atom stereocenters. The molecule has 10 rings (SSSR count). The van der Waals surface area contributed by atoms with Crippen LogP contribution in [0, 0.1) is 17.3 Å². The normalized spacial score (nSPS) is 34.8. The fourth-order valence-corrected chi connectivity index (χ4v) is 13.6. The van der Waals surface area contributed by atoms with E-state index in [4.69, 9.17) is 18.9 Å². The summed E-state index contributed by atoms with van der Waals surface area (Å²) in [6, 6.07) is 11.7. The van der Waals surface area contributed by atoms with Crippen LogP contribution in [0.3, 0.4) is 0 Å². The highest BCUT2D eigenvalue weighted by molar-refractivity contribution is 5.94. The number of nitrogens with one attached hydrogen (secondary N) is 1. The minimum Gasteiger partial charge on any atom is -0.496 e. The summed E-state index contributed by atoms with van der Waals surface area (Å²) in [6.07, 6.45) is 10.6. The molecule has 1 aromatic heterocycles. The van der Waals surface area contributed by atoms with E-state index >= 15 is 4.79 Å². The first-order valence-corrected chi connectivity index (χ1v) is 22.4. The van der Waals surface area contributed by atoms with Crippen molar-refractivity contribution in [2.45, 2.75) is 100 Å². The molecule has 6 heterocycles. The number of anilines is 1. The van der Waals surface area contributed by atoms with Crippen LogP contribution in [-0.4, -0.2) is 122 Å². The van der Waals surface area contributed by atoms with Crippen LogP contribution in [-0.2, 0) is 45.8 Å². The van der Waals surface area contributed by atoms with Gasteiger partial charge in [0.2, 0.25) is 0 Å². The van der Waals surface area contributed by atoms with E-state index in [9.17, 15) is 14.7 Å². The zero-order valence-electron chi connectivity index (χ0n) is 36.4. The predicted molar refractivity (Wildman–Crippen MR) is 231 cm³/mol. The van der Waals surface area contributed by atoms with Gasteiger partial charge in [0.1, 0.15) is 23.9 Å². The highest BCUT2D eigenvalue weighted by atomic mass is 16.6. The number of likely N-dealkylation sites (N-methyl/N-ethyl adjacent to an activating group) is 1. The number of methoxy groups -OCH3 is 2. The predicted octanol–water partition coefficient (Wildman–Crippen LogP) is 5.58. The molecule has 324 valence electrons. The minimum absolute atomic E-state index is 0.0373. The number of benzene rings is 2. The number of hydrogen-bond donors (Lipinski definition) is 2. The van der Waals surface area contributed by atoms with Gasteiger partial charge in [0.25, 0.3) is 0 Å². The second-order valence-electron chi connectivity index (χ2n) is 19.1. The van der Waals surface area contributed by atoms with Gasteiger partial charge in [-0.25, -0.2) is 0 Å². The van der Waals surface area contributed by atoms with E-state index in [0.29, 0.717) is 31.6 Å². The summed E-state index contributed by atoms with van der Waals surface area (Å²) in [5, 5.41) is 14.8. The summed E-state index contributed by atoms with van der Waals surface area (Å²) in [5.74, 6) is -0.790. The summed E-state index contributed by atoms with van der Waals surface area (Å²) in [7, 11) is 5.13. The fraction of sp³-hybridized carbons (Fsp3) is 0.571. The van der Waals surface area contributed by atoms with E-state index in [2.05, 4.69) is 76.0 Å². The summed E-state index contributed by atoms with van der Waals surface area (Å²) in [4.78, 5) is 52.8. The summed E-state index contributed by atoms with van der Waals surface area (Å²) >= 11 is 0. The molecular formula is C49H60N4O8. The Labute approximate surface area is 358 Å². The Bertz CT molecular complexity index is 2370. The Morgan fingerprint density at radius 2 is 1.84 bits per heavy atom. The molecule has 12 heteroatoms. The molecule has 9 atom stereocenters. The van der Waals surface area contributed by atoms with Gasteiger partial charge in [0, 0.05) is 90.9 Å². The van der Waals surface area contributed by atoms with Gasteiger partial charge in [-0.05, 0) is 80.7 Å². The molecule has 2 N–H and O–H groups in total. The zero-order valence-corrected chi connectivity index (χ0v) is 36.4. The number of hydrogen-bond acceptors (Lipinski definition) is 11. The Balaban J connectivity index is 1.25. The molecule has 0 radical (unpaired) electrons. The van der Waals surface area contributed by atoms with E-state index in [1.165, 1.54) is 19.6 Å². The molecule has 7 aliphatic rings. The molecular weight excluding hydrogens is 773 g/mol. The average molecular weight is 833 g/mol. The molecule has 12 nitrogen and oxygen atoms in total. The van der Waals surface area contributed by atoms with Gasteiger partial charge < -0.3 is 33.9 Å². The summed E-state index contributed by atoms with van der Waals surface area (Å²) in [5.41, 5.74) is 2.12. The smallest absolute Gasteiger partial charge is 0.322 e. The highest BCUT2D eigenvalue weighted by Crippen LogP contribution is 2.68. The molecule has 1 spiro atoms. The number of esters is 3. The van der Waals surface area contributed by atoms with Crippen LogP contribution in [0.4, 0.5) is 5.69 Å². The molecule has 2 aliphatic carbocycles. The van der Waals surface area contributed by atoms with Gasteiger partial charge in [-0.2, -0.15) is 0 Å². The number of carbonyl (C=O) groups is 3. The third kappa shape index (κ3) is 5.63. The molecule has 2 aromatic carbocycles. The Kier molecular flexibility index (Phi) is 9.58. The van der Waals surface area contributed by atoms with Crippen molar-refractivity contribution in [3.63, 3.8) is 0 Å². The number of H-pyrrole nitrogens is 1. The van der Waals surface area contributed by atoms with E-state index in [1.54, 1.807) is 7.11 Å². The third-order valence-corrected chi connectivity index (χ3v) is 16.0. The van der Waals surface area contributed by atoms with Crippen LogP contribution in [0.5, 0.6) is 5.75 Å². The molecule has 5 aliphatic heterocycles. The van der Waals surface area contributed by atoms with Crippen LogP contribution in [0.1, 0.15) is 81.7 Å². The van der Waals surface area contributed by atoms with Crippen LogP contribution < -0.4 is 9.64 Å². The minimum atomic E-state index is -1.82. The number of fused-ring (bicyclic) bond motifs is 6. The van der Waals surface area contributed by atoms with Crippen LogP contribution in [0.15, 0.2) is 60.2 Å². The summed E-state index contributed by atoms with van der Waals surface area (Å²) in [6.45, 7) is 9.39. The van der Waals surface area contributed by atoms with Crippen LogP contribution in [0.25, 0.3) is 10.9 Å². The second kappa shape index (κ2) is 14.5. The van der Waals surface area contributed by atoms with Crippen molar-refractivity contribution in [1.82, 2.24) is 14.8 Å². The zero-order chi connectivity index (χ0) is 42.6. The number of rotatable bonds is 9. The lowest BCUT2D eigenvalue weighted by Gasteiger charge is -2.64. The SMILES string of the molecule is CCC1=C[C@@H]2CN(CCc3c([nH]c4ccccc34)[C@@](C(=O)OC)(c3cc4c(cc3OC)N(C)[C@H]3C(O)(COC(=O)C5CC5)[C@H](OC(C)=O)[C@]5(CC)C=CCN6CC[C@]43C65)C2)C1. The molecule has 3 fully saturated rings. The Morgan fingerprint density at radius 3 is 2.56 bits per heavy atom. The van der Waals surface area contributed by atoms with Gasteiger partial charge >= 0.3 is 17.9 Å². The fourth-order valence-electron chi connectivity index (χ4n) is 13.6. The van der Waals surface area contributed by atoms with Crippen molar-refractivity contribution in [1.29, 1.82) is 0 Å². The van der Waals surface area contributed by atoms with Gasteiger partial charge in [-0.1, -0.05) is 55.8 Å². The van der Waals surface area contributed by atoms with Gasteiger partial charge in [0.15, 0.2) is 5.60 Å². The molecule has 2 saturated carbocycles. The summed E-state index contributed by atoms with van der Waals surface area (Å²) < 4.78 is 24.9. The Hall–Kier alpha value is -4.65. The number of aliphatic hydroxyl groups is 1. The van der Waals surface area contributed by atoms with Crippen molar-refractivity contribution in [2.24, 2.45) is 17.3 Å². The highest BCUT2D eigenvalue weighted by Gasteiger charge is 2.78. The molecule has 61 heavy (non-hydrogen) atoms. The van der Waals surface area contributed by atoms with Crippen molar-refractivity contribution in [2.75, 3.05) is 65.5 Å². The van der Waals surface area contributed by atoms with Gasteiger partial charge in [-0.15, -0.1) is 0 Å². The lowest BCUT2D eigenvalue weighted by Crippen LogP contribution is -2.80. The first kappa shape index (κ1) is 40.4. The monoisotopic (exact) mass is 832 g/mol. The van der Waals surface area contributed by atoms with Crippen molar-refractivity contribution < 1.29 is 38.4 Å². The van der Waals surface area contributed by atoms with E-state index in [-0.39, 0.29) is 36.4 Å². The number of ether oxygens (including phenoxy) is 4. The Morgan fingerprint density at radius 1 is 1.03 bits per heavy atom. The maximum absolute atomic E-state index is 15.4. The molecule has 1 saturated heterocycles. The second-order valence-corrected chi connectivity index (χ2v) is 19.1. The van der Waals surface area contributed by atoms with Gasteiger partial charge in [0.05, 0.1) is 26.2 Å². The van der Waals surface area contributed by atoms with E-state index in [0.717, 1.165) is 90.8 Å². The molecule has 0 amide bonds. The van der Waals surface area contributed by atoms with E-state index < -0.39 is 40.0 Å². The lowest BCUT2D eigenvalue weighted by molar-refractivity contribution is -0.232. The van der Waals surface area contributed by atoms with Crippen molar-refractivity contribution >= 4 is 34.5 Å². The number of para-hydroxylation sites is 1. The quantitative estimate of drug-likeness (QED) is 0.159. The number of aromatic nitrogens is 1. The number of aromatic amines is 1. The first-order chi connectivity index (χ1) is 29.4.